The topological polar surface area (TPSA) is 96.5 Å². The number of nitrogens with zero attached hydrogens (tertiary/aromatic N) is 3. The molecule has 0 radical (unpaired) electrons. The maximum Gasteiger partial charge on any atom is 0.285 e. The molecule has 0 saturated heterocycles. The molecule has 0 atom stereocenters. The van der Waals surface area contributed by atoms with E-state index in [1.807, 2.05) is 13.8 Å². The van der Waals surface area contributed by atoms with Gasteiger partial charge in [-0.05, 0) is 32.5 Å². The third-order valence-corrected chi connectivity index (χ3v) is 4.22. The third kappa shape index (κ3) is 7.24. The van der Waals surface area contributed by atoms with Crippen molar-refractivity contribution < 1.29 is 0 Å². The molecule has 26 heavy (non-hydrogen) atoms. The van der Waals surface area contributed by atoms with Crippen molar-refractivity contribution in [1.29, 1.82) is 5.41 Å². The summed E-state index contributed by atoms with van der Waals surface area (Å²) in [6.45, 7) is 6.43. The van der Waals surface area contributed by atoms with Gasteiger partial charge in [-0.25, -0.2) is 4.98 Å². The van der Waals surface area contributed by atoms with Crippen LogP contribution in [0.4, 0.5) is 0 Å². The van der Waals surface area contributed by atoms with E-state index in [-0.39, 0.29) is 38.3 Å². The summed E-state index contributed by atoms with van der Waals surface area (Å²) in [5.74, 6) is 0. The number of aromatic nitrogens is 4. The number of H-pyrrole nitrogens is 1. The van der Waals surface area contributed by atoms with Gasteiger partial charge < -0.3 is 14.1 Å². The van der Waals surface area contributed by atoms with E-state index in [2.05, 4.69) is 9.97 Å². The van der Waals surface area contributed by atoms with E-state index < -0.39 is 0 Å². The van der Waals surface area contributed by atoms with Crippen LogP contribution in [0.1, 0.15) is 20.8 Å². The number of nitrogens with one attached hydrogen (secondary N) is 2. The number of rotatable bonds is 3. The van der Waals surface area contributed by atoms with Crippen LogP contribution in [0.2, 0.25) is 10.3 Å². The lowest BCUT2D eigenvalue weighted by Crippen LogP contribution is -2.21. The molecule has 2 aromatic rings. The predicted molar refractivity (Wildman–Crippen MR) is 112 cm³/mol. The van der Waals surface area contributed by atoms with Gasteiger partial charge in [-0.1, -0.05) is 35.4 Å². The summed E-state index contributed by atoms with van der Waals surface area (Å²) < 4.78 is 3.08. The van der Waals surface area contributed by atoms with Crippen LogP contribution in [-0.4, -0.2) is 24.1 Å². The minimum Gasteiger partial charge on any atom is -0.331 e. The Bertz CT molecular complexity index is 939. The molecule has 2 heterocycles. The van der Waals surface area contributed by atoms with Gasteiger partial charge in [-0.2, -0.15) is 0 Å². The zero-order valence-corrected chi connectivity index (χ0v) is 18.2. The Morgan fingerprint density at radius 2 is 1.77 bits per heavy atom. The molecule has 12 heteroatoms. The lowest BCUT2D eigenvalue weighted by Gasteiger charge is -2.04. The third-order valence-electron chi connectivity index (χ3n) is 2.80. The zero-order valence-electron chi connectivity index (χ0n) is 14.2. The van der Waals surface area contributed by atoms with Gasteiger partial charge in [0, 0.05) is 25.5 Å². The fourth-order valence-electron chi connectivity index (χ4n) is 1.69. The second-order valence-electron chi connectivity index (χ2n) is 4.64. The van der Waals surface area contributed by atoms with Crippen LogP contribution in [0.5, 0.6) is 0 Å². The molecular formula is C14H18Cl3N5O2S2. The van der Waals surface area contributed by atoms with Crippen LogP contribution in [0.15, 0.2) is 27.0 Å². The first-order valence-corrected chi connectivity index (χ1v) is 9.16. The molecule has 0 aromatic carbocycles. The van der Waals surface area contributed by atoms with Crippen molar-refractivity contribution >= 4 is 64.6 Å². The minimum absolute atomic E-state index is 0. The van der Waals surface area contributed by atoms with Crippen molar-refractivity contribution in [2.45, 2.75) is 38.9 Å². The smallest absolute Gasteiger partial charge is 0.285 e. The first kappa shape index (κ1) is 24.9. The van der Waals surface area contributed by atoms with E-state index in [1.165, 1.54) is 21.5 Å². The Morgan fingerprint density at radius 1 is 1.23 bits per heavy atom. The summed E-state index contributed by atoms with van der Waals surface area (Å²) in [6.07, 6.45) is 3.02. The molecule has 0 aliphatic carbocycles. The van der Waals surface area contributed by atoms with Crippen molar-refractivity contribution in [2.75, 3.05) is 0 Å². The molecule has 2 rings (SSSR count). The van der Waals surface area contributed by atoms with Gasteiger partial charge in [-0.3, -0.25) is 15.0 Å². The van der Waals surface area contributed by atoms with Crippen LogP contribution in [0.25, 0.3) is 0 Å². The highest BCUT2D eigenvalue weighted by atomic mass is 35.5. The van der Waals surface area contributed by atoms with Gasteiger partial charge in [0.2, 0.25) is 0 Å². The fraction of sp³-hybridized carbons (Fsp3) is 0.357. The Morgan fingerprint density at radius 3 is 2.27 bits per heavy atom. The van der Waals surface area contributed by atoms with Crippen molar-refractivity contribution in [1.82, 2.24) is 19.1 Å². The maximum atomic E-state index is 11.6. The largest absolute Gasteiger partial charge is 0.331 e. The van der Waals surface area contributed by atoms with Gasteiger partial charge >= 0.3 is 0 Å². The first-order valence-electron chi connectivity index (χ1n) is 7.18. The molecular weight excluding hydrogens is 441 g/mol. The standard InChI is InChI=1S/C8H10ClN3OS.C6H7ClN2OS.ClH/c1-3-12-4-6(9)11-7(8(12)13)14-5(2)10;1-2-9-3-4(7)8-5(11)6(9)10;/h4,10H,3H2,1-2H3;3H,2H2,1H3,(H,8,11);1H. The summed E-state index contributed by atoms with van der Waals surface area (Å²) in [6, 6.07) is 0. The Kier molecular flexibility index (Phi) is 11.1. The summed E-state index contributed by atoms with van der Waals surface area (Å²) >= 11 is 17.1. The molecule has 2 aromatic heterocycles. The number of hydrogen-bond donors (Lipinski definition) is 2. The molecule has 0 fully saturated rings. The van der Waals surface area contributed by atoms with E-state index in [4.69, 9.17) is 40.8 Å². The highest BCUT2D eigenvalue weighted by molar-refractivity contribution is 8.13. The highest BCUT2D eigenvalue weighted by Crippen LogP contribution is 2.14. The summed E-state index contributed by atoms with van der Waals surface area (Å²) in [5.41, 5.74) is -0.402. The van der Waals surface area contributed by atoms with Gasteiger partial charge in [0.1, 0.15) is 10.3 Å². The number of thioether (sulfide) groups is 1. The summed E-state index contributed by atoms with van der Waals surface area (Å²) in [7, 11) is 0. The van der Waals surface area contributed by atoms with Crippen molar-refractivity contribution in [3.8, 4) is 0 Å². The molecule has 0 saturated carbocycles. The average molecular weight is 459 g/mol. The van der Waals surface area contributed by atoms with Crippen LogP contribution < -0.4 is 11.1 Å². The van der Waals surface area contributed by atoms with E-state index in [9.17, 15) is 9.59 Å². The van der Waals surface area contributed by atoms with Gasteiger partial charge in [0.05, 0.1) is 5.04 Å². The van der Waals surface area contributed by atoms with Crippen LogP contribution in [-0.2, 0) is 13.1 Å². The van der Waals surface area contributed by atoms with Gasteiger partial charge in [0.25, 0.3) is 11.1 Å². The molecule has 0 aliphatic heterocycles. The molecule has 0 aliphatic rings. The van der Waals surface area contributed by atoms with Crippen LogP contribution in [0.3, 0.4) is 0 Å². The van der Waals surface area contributed by atoms with E-state index in [1.54, 1.807) is 6.92 Å². The highest BCUT2D eigenvalue weighted by Gasteiger charge is 2.08. The Balaban J connectivity index is 0.000000475. The lowest BCUT2D eigenvalue weighted by molar-refractivity contribution is 0.693. The number of aromatic amines is 1. The number of hydrogen-bond acceptors (Lipinski definition) is 6. The first-order chi connectivity index (χ1) is 11.7. The SMILES string of the molecule is CCn1cc(Cl)[nH]c(=S)c1=O.CCn1cc(Cl)nc(SC(C)=N)c1=O.Cl. The predicted octanol–water partition coefficient (Wildman–Crippen LogP) is 4.01. The molecule has 144 valence electrons. The normalized spacial score (nSPS) is 9.73. The minimum atomic E-state index is -0.202. The van der Waals surface area contributed by atoms with E-state index in [0.29, 0.717) is 23.3 Å². The quantitative estimate of drug-likeness (QED) is 0.313. The lowest BCUT2D eigenvalue weighted by atomic mass is 10.6. The van der Waals surface area contributed by atoms with E-state index in [0.717, 1.165) is 11.8 Å². The zero-order chi connectivity index (χ0) is 19.1. The van der Waals surface area contributed by atoms with Crippen LogP contribution in [0, 0.1) is 10.0 Å². The molecule has 0 amide bonds. The molecule has 0 unspecified atom stereocenters. The van der Waals surface area contributed by atoms with Gasteiger partial charge in [0.15, 0.2) is 9.67 Å². The van der Waals surface area contributed by atoms with Gasteiger partial charge in [-0.15, -0.1) is 12.4 Å². The summed E-state index contributed by atoms with van der Waals surface area (Å²) in [4.78, 5) is 29.2. The molecule has 2 N–H and O–H groups in total. The number of halogens is 3. The average Bonchev–Trinajstić information content (AvgIpc) is 2.54. The Hall–Kier alpha value is -1.13. The second kappa shape index (κ2) is 11.6. The molecule has 7 nitrogen and oxygen atoms in total. The van der Waals surface area contributed by atoms with Crippen molar-refractivity contribution in [2.24, 2.45) is 0 Å². The Labute approximate surface area is 175 Å². The summed E-state index contributed by atoms with van der Waals surface area (Å²) in [5, 5.41) is 8.49. The van der Waals surface area contributed by atoms with Crippen molar-refractivity contribution in [3.63, 3.8) is 0 Å². The maximum absolute atomic E-state index is 11.6. The number of aryl methyl sites for hydroxylation is 2. The second-order valence-corrected chi connectivity index (χ2v) is 7.05. The van der Waals surface area contributed by atoms with Crippen LogP contribution >= 0.6 is 59.6 Å². The fourth-order valence-corrected chi connectivity index (χ4v) is 3.07. The monoisotopic (exact) mass is 457 g/mol. The van der Waals surface area contributed by atoms with E-state index >= 15 is 0 Å². The van der Waals surface area contributed by atoms with Crippen molar-refractivity contribution in [3.05, 3.63) is 48.0 Å². The molecule has 0 spiro atoms. The molecule has 0 bridgehead atoms.